The van der Waals surface area contributed by atoms with Crippen molar-refractivity contribution in [3.05, 3.63) is 59.4 Å². The zero-order chi connectivity index (χ0) is 16.2. The van der Waals surface area contributed by atoms with Crippen LogP contribution in [0.3, 0.4) is 0 Å². The first-order valence-corrected chi connectivity index (χ1v) is 7.90. The summed E-state index contributed by atoms with van der Waals surface area (Å²) in [6.07, 6.45) is 3.68. The Morgan fingerprint density at radius 1 is 1.22 bits per heavy atom. The van der Waals surface area contributed by atoms with E-state index >= 15 is 0 Å². The van der Waals surface area contributed by atoms with Gasteiger partial charge in [0.25, 0.3) is 5.91 Å². The molecule has 1 amide bonds. The zero-order valence-corrected chi connectivity index (χ0v) is 13.4. The second-order valence-corrected chi connectivity index (χ2v) is 6.00. The first-order chi connectivity index (χ1) is 11.1. The SMILES string of the molecule is Cc1ccc(N)cc1C(=O)N1CCN(Cc2cccnc2)CC1. The van der Waals surface area contributed by atoms with Gasteiger partial charge in [0.05, 0.1) is 0 Å². The number of nitrogen functional groups attached to an aromatic ring is 1. The number of amides is 1. The van der Waals surface area contributed by atoms with Crippen LogP contribution in [0.4, 0.5) is 5.69 Å². The highest BCUT2D eigenvalue weighted by Gasteiger charge is 2.23. The Balaban J connectivity index is 1.60. The second-order valence-electron chi connectivity index (χ2n) is 6.00. The fourth-order valence-corrected chi connectivity index (χ4v) is 2.90. The van der Waals surface area contributed by atoms with E-state index in [2.05, 4.69) is 16.0 Å². The summed E-state index contributed by atoms with van der Waals surface area (Å²) < 4.78 is 0. The van der Waals surface area contributed by atoms with Crippen molar-refractivity contribution in [2.75, 3.05) is 31.9 Å². The van der Waals surface area contributed by atoms with E-state index in [1.54, 1.807) is 12.3 Å². The standard InChI is InChI=1S/C18H22N4O/c1-14-4-5-16(19)11-17(14)18(23)22-9-7-21(8-10-22)13-15-3-2-6-20-12-15/h2-6,11-12H,7-10,13,19H2,1H3. The number of anilines is 1. The van der Waals surface area contributed by atoms with Gasteiger partial charge in [-0.1, -0.05) is 12.1 Å². The Hall–Kier alpha value is -2.40. The molecule has 0 unspecified atom stereocenters. The number of rotatable bonds is 3. The van der Waals surface area contributed by atoms with E-state index in [-0.39, 0.29) is 5.91 Å². The molecule has 5 nitrogen and oxygen atoms in total. The Kier molecular flexibility index (Phi) is 4.57. The van der Waals surface area contributed by atoms with Crippen molar-refractivity contribution < 1.29 is 4.79 Å². The highest BCUT2D eigenvalue weighted by atomic mass is 16.2. The van der Waals surface area contributed by atoms with Gasteiger partial charge < -0.3 is 10.6 Å². The van der Waals surface area contributed by atoms with Crippen molar-refractivity contribution >= 4 is 11.6 Å². The van der Waals surface area contributed by atoms with Crippen molar-refractivity contribution in [3.8, 4) is 0 Å². The summed E-state index contributed by atoms with van der Waals surface area (Å²) in [5.41, 5.74) is 9.35. The Labute approximate surface area is 136 Å². The molecule has 1 aromatic heterocycles. The molecule has 1 saturated heterocycles. The van der Waals surface area contributed by atoms with Crippen molar-refractivity contribution in [2.45, 2.75) is 13.5 Å². The van der Waals surface area contributed by atoms with E-state index in [9.17, 15) is 4.79 Å². The van der Waals surface area contributed by atoms with Crippen LogP contribution in [0.1, 0.15) is 21.5 Å². The fraction of sp³-hybridized carbons (Fsp3) is 0.333. The predicted molar refractivity (Wildman–Crippen MR) is 91.0 cm³/mol. The highest BCUT2D eigenvalue weighted by molar-refractivity contribution is 5.96. The van der Waals surface area contributed by atoms with Gasteiger partial charge >= 0.3 is 0 Å². The van der Waals surface area contributed by atoms with Crippen LogP contribution in [0, 0.1) is 6.92 Å². The molecule has 2 aromatic rings. The molecule has 0 aliphatic carbocycles. The summed E-state index contributed by atoms with van der Waals surface area (Å²) in [7, 11) is 0. The number of pyridine rings is 1. The lowest BCUT2D eigenvalue weighted by atomic mass is 10.1. The summed E-state index contributed by atoms with van der Waals surface area (Å²) in [5.74, 6) is 0.0795. The number of aryl methyl sites for hydroxylation is 1. The lowest BCUT2D eigenvalue weighted by Gasteiger charge is -2.35. The van der Waals surface area contributed by atoms with Gasteiger partial charge in [-0.3, -0.25) is 14.7 Å². The molecule has 1 fully saturated rings. The molecule has 5 heteroatoms. The molecule has 1 aliphatic heterocycles. The number of piperazine rings is 1. The van der Waals surface area contributed by atoms with Gasteiger partial charge in [-0.25, -0.2) is 0 Å². The lowest BCUT2D eigenvalue weighted by Crippen LogP contribution is -2.48. The topological polar surface area (TPSA) is 62.5 Å². The van der Waals surface area contributed by atoms with E-state index in [1.807, 2.05) is 36.2 Å². The molecule has 0 atom stereocenters. The van der Waals surface area contributed by atoms with Crippen molar-refractivity contribution in [3.63, 3.8) is 0 Å². The average molecular weight is 310 g/mol. The number of hydrogen-bond donors (Lipinski definition) is 1. The van der Waals surface area contributed by atoms with E-state index < -0.39 is 0 Å². The summed E-state index contributed by atoms with van der Waals surface area (Å²) in [6, 6.07) is 9.55. The van der Waals surface area contributed by atoms with E-state index in [0.717, 1.165) is 38.3 Å². The van der Waals surface area contributed by atoms with Crippen LogP contribution in [-0.2, 0) is 6.54 Å². The monoisotopic (exact) mass is 310 g/mol. The smallest absolute Gasteiger partial charge is 0.254 e. The van der Waals surface area contributed by atoms with E-state index in [0.29, 0.717) is 11.3 Å². The van der Waals surface area contributed by atoms with Crippen LogP contribution in [0.2, 0.25) is 0 Å². The molecule has 0 bridgehead atoms. The third-order valence-corrected chi connectivity index (χ3v) is 4.28. The summed E-state index contributed by atoms with van der Waals surface area (Å²) >= 11 is 0. The predicted octanol–water partition coefficient (Wildman–Crippen LogP) is 1.93. The van der Waals surface area contributed by atoms with Gasteiger partial charge in [0, 0.05) is 56.4 Å². The van der Waals surface area contributed by atoms with Gasteiger partial charge in [-0.2, -0.15) is 0 Å². The lowest BCUT2D eigenvalue weighted by molar-refractivity contribution is 0.0627. The van der Waals surface area contributed by atoms with Crippen LogP contribution in [0.25, 0.3) is 0 Å². The minimum atomic E-state index is 0.0795. The number of benzene rings is 1. The Bertz CT molecular complexity index is 679. The maximum Gasteiger partial charge on any atom is 0.254 e. The molecule has 2 N–H and O–H groups in total. The van der Waals surface area contributed by atoms with Crippen molar-refractivity contribution in [2.24, 2.45) is 0 Å². The van der Waals surface area contributed by atoms with Crippen LogP contribution < -0.4 is 5.73 Å². The van der Waals surface area contributed by atoms with Crippen molar-refractivity contribution in [1.29, 1.82) is 0 Å². The molecule has 23 heavy (non-hydrogen) atoms. The Morgan fingerprint density at radius 2 is 2.00 bits per heavy atom. The first kappa shape index (κ1) is 15.5. The van der Waals surface area contributed by atoms with E-state index in [4.69, 9.17) is 5.73 Å². The molecule has 0 spiro atoms. The second kappa shape index (κ2) is 6.79. The summed E-state index contributed by atoms with van der Waals surface area (Å²) in [6.45, 7) is 6.07. The molecule has 0 radical (unpaired) electrons. The van der Waals surface area contributed by atoms with Crippen molar-refractivity contribution in [1.82, 2.24) is 14.8 Å². The molecule has 1 aliphatic rings. The number of nitrogens with zero attached hydrogens (tertiary/aromatic N) is 3. The number of aromatic nitrogens is 1. The largest absolute Gasteiger partial charge is 0.399 e. The molecule has 120 valence electrons. The van der Waals surface area contributed by atoms with Crippen LogP contribution in [0.15, 0.2) is 42.7 Å². The van der Waals surface area contributed by atoms with Crippen LogP contribution in [-0.4, -0.2) is 46.9 Å². The maximum absolute atomic E-state index is 12.7. The summed E-state index contributed by atoms with van der Waals surface area (Å²) in [5, 5.41) is 0. The maximum atomic E-state index is 12.7. The van der Waals surface area contributed by atoms with Gasteiger partial charge in [-0.05, 0) is 36.2 Å². The number of hydrogen-bond acceptors (Lipinski definition) is 4. The van der Waals surface area contributed by atoms with Gasteiger partial charge in [0.2, 0.25) is 0 Å². The molecule has 3 rings (SSSR count). The normalized spacial score (nSPS) is 15.6. The number of carbonyl (C=O) groups is 1. The molecule has 2 heterocycles. The quantitative estimate of drug-likeness (QED) is 0.880. The first-order valence-electron chi connectivity index (χ1n) is 7.90. The minimum Gasteiger partial charge on any atom is -0.399 e. The molecule has 0 saturated carbocycles. The zero-order valence-electron chi connectivity index (χ0n) is 13.4. The molecule has 1 aromatic carbocycles. The molecular weight excluding hydrogens is 288 g/mol. The number of nitrogens with two attached hydrogens (primary N) is 1. The van der Waals surface area contributed by atoms with Crippen LogP contribution >= 0.6 is 0 Å². The average Bonchev–Trinajstić information content (AvgIpc) is 2.58. The van der Waals surface area contributed by atoms with Gasteiger partial charge in [-0.15, -0.1) is 0 Å². The third kappa shape index (κ3) is 3.68. The Morgan fingerprint density at radius 3 is 2.70 bits per heavy atom. The number of carbonyl (C=O) groups excluding carboxylic acids is 1. The summed E-state index contributed by atoms with van der Waals surface area (Å²) in [4.78, 5) is 21.1. The fourth-order valence-electron chi connectivity index (χ4n) is 2.90. The molecular formula is C18H22N4O. The van der Waals surface area contributed by atoms with Crippen LogP contribution in [0.5, 0.6) is 0 Å². The highest BCUT2D eigenvalue weighted by Crippen LogP contribution is 2.17. The van der Waals surface area contributed by atoms with Gasteiger partial charge in [0.1, 0.15) is 0 Å². The van der Waals surface area contributed by atoms with E-state index in [1.165, 1.54) is 5.56 Å². The third-order valence-electron chi connectivity index (χ3n) is 4.28. The minimum absolute atomic E-state index is 0.0795. The van der Waals surface area contributed by atoms with Gasteiger partial charge in [0.15, 0.2) is 0 Å².